The van der Waals surface area contributed by atoms with Crippen LogP contribution < -0.4 is 5.32 Å². The van der Waals surface area contributed by atoms with E-state index < -0.39 is 17.5 Å². The summed E-state index contributed by atoms with van der Waals surface area (Å²) in [6.45, 7) is 2.64. The Morgan fingerprint density at radius 2 is 1.74 bits per heavy atom. The second-order valence-electron chi connectivity index (χ2n) is 5.66. The predicted octanol–water partition coefficient (Wildman–Crippen LogP) is 3.80. The second-order valence-corrected chi connectivity index (χ2v) is 5.66. The maximum atomic E-state index is 13.9. The van der Waals surface area contributed by atoms with Crippen LogP contribution in [0.25, 0.3) is 0 Å². The van der Waals surface area contributed by atoms with E-state index in [1.807, 2.05) is 6.92 Å². The summed E-state index contributed by atoms with van der Waals surface area (Å²) in [5.41, 5.74) is 0.278. The van der Waals surface area contributed by atoms with Gasteiger partial charge >= 0.3 is 0 Å². The molecule has 2 fully saturated rings. The highest BCUT2D eigenvalue weighted by molar-refractivity contribution is 5.27. The maximum Gasteiger partial charge on any atom is 0.161 e. The molecule has 0 aliphatic heterocycles. The van der Waals surface area contributed by atoms with Crippen LogP contribution in [0, 0.1) is 35.2 Å². The molecule has 1 aromatic carbocycles. The van der Waals surface area contributed by atoms with E-state index in [0.29, 0.717) is 30.4 Å². The van der Waals surface area contributed by atoms with Crippen molar-refractivity contribution in [3.05, 3.63) is 35.1 Å². The van der Waals surface area contributed by atoms with Gasteiger partial charge in [-0.3, -0.25) is 0 Å². The van der Waals surface area contributed by atoms with Crippen LogP contribution in [0.4, 0.5) is 13.2 Å². The normalized spacial score (nSPS) is 30.2. The summed E-state index contributed by atoms with van der Waals surface area (Å²) in [7, 11) is 0. The first-order valence-corrected chi connectivity index (χ1v) is 7.01. The Morgan fingerprint density at radius 1 is 1.11 bits per heavy atom. The zero-order valence-corrected chi connectivity index (χ0v) is 10.9. The van der Waals surface area contributed by atoms with Gasteiger partial charge in [0.2, 0.25) is 0 Å². The molecular weight excluding hydrogens is 251 g/mol. The second kappa shape index (κ2) is 4.82. The minimum atomic E-state index is -1.12. The summed E-state index contributed by atoms with van der Waals surface area (Å²) in [5.74, 6) is -1.08. The zero-order valence-electron chi connectivity index (χ0n) is 10.9. The molecule has 104 valence electrons. The van der Waals surface area contributed by atoms with Gasteiger partial charge in [-0.05, 0) is 43.2 Å². The van der Waals surface area contributed by atoms with E-state index in [-0.39, 0.29) is 11.6 Å². The molecule has 3 unspecified atom stereocenters. The summed E-state index contributed by atoms with van der Waals surface area (Å²) in [4.78, 5) is 0. The van der Waals surface area contributed by atoms with Crippen molar-refractivity contribution in [1.29, 1.82) is 0 Å². The average molecular weight is 269 g/mol. The molecule has 2 aliphatic rings. The van der Waals surface area contributed by atoms with Gasteiger partial charge in [0.15, 0.2) is 11.6 Å². The summed E-state index contributed by atoms with van der Waals surface area (Å²) < 4.78 is 40.3. The molecule has 1 nitrogen and oxygen atoms in total. The Balaban J connectivity index is 1.90. The third-order valence-electron chi connectivity index (χ3n) is 4.66. The minimum Gasteiger partial charge on any atom is -0.310 e. The van der Waals surface area contributed by atoms with Gasteiger partial charge in [-0.1, -0.05) is 13.3 Å². The van der Waals surface area contributed by atoms with Gasteiger partial charge in [-0.15, -0.1) is 0 Å². The molecule has 4 heteroatoms. The molecule has 0 heterocycles. The first kappa shape index (κ1) is 13.0. The zero-order chi connectivity index (χ0) is 13.6. The number of hydrogen-bond acceptors (Lipinski definition) is 1. The first-order chi connectivity index (χ1) is 9.13. The fourth-order valence-electron chi connectivity index (χ4n) is 3.82. The Labute approximate surface area is 111 Å². The number of halogens is 3. The van der Waals surface area contributed by atoms with Gasteiger partial charge in [-0.25, -0.2) is 13.2 Å². The molecule has 19 heavy (non-hydrogen) atoms. The van der Waals surface area contributed by atoms with Crippen molar-refractivity contribution in [1.82, 2.24) is 5.32 Å². The fraction of sp³-hybridized carbons (Fsp3) is 0.600. The van der Waals surface area contributed by atoms with E-state index in [9.17, 15) is 13.2 Å². The molecule has 2 saturated carbocycles. The van der Waals surface area contributed by atoms with Crippen LogP contribution in [-0.2, 0) is 0 Å². The summed E-state index contributed by atoms with van der Waals surface area (Å²) in [6, 6.07) is 1.49. The van der Waals surface area contributed by atoms with Crippen molar-refractivity contribution >= 4 is 0 Å². The van der Waals surface area contributed by atoms with Crippen molar-refractivity contribution in [3.63, 3.8) is 0 Å². The molecular formula is C15H18F3N. The van der Waals surface area contributed by atoms with E-state index in [4.69, 9.17) is 0 Å². The monoisotopic (exact) mass is 269 g/mol. The van der Waals surface area contributed by atoms with Crippen LogP contribution in [0.15, 0.2) is 12.1 Å². The number of benzene rings is 1. The van der Waals surface area contributed by atoms with Crippen LogP contribution in [0.2, 0.25) is 0 Å². The third-order valence-corrected chi connectivity index (χ3v) is 4.66. The molecule has 1 aromatic rings. The first-order valence-electron chi connectivity index (χ1n) is 7.01. The van der Waals surface area contributed by atoms with E-state index in [1.165, 1.54) is 19.3 Å². The maximum absolute atomic E-state index is 13.9. The molecule has 2 aliphatic carbocycles. The highest BCUT2D eigenvalue weighted by Gasteiger charge is 2.56. The van der Waals surface area contributed by atoms with Gasteiger partial charge in [0.25, 0.3) is 0 Å². The molecule has 0 bridgehead atoms. The van der Waals surface area contributed by atoms with Crippen LogP contribution in [-0.4, -0.2) is 6.54 Å². The number of hydrogen-bond donors (Lipinski definition) is 1. The van der Waals surface area contributed by atoms with E-state index in [2.05, 4.69) is 5.32 Å². The van der Waals surface area contributed by atoms with Gasteiger partial charge in [0.1, 0.15) is 5.82 Å². The van der Waals surface area contributed by atoms with Crippen LogP contribution >= 0.6 is 0 Å². The van der Waals surface area contributed by atoms with E-state index in [0.717, 1.165) is 6.07 Å². The lowest BCUT2D eigenvalue weighted by Crippen LogP contribution is -2.25. The lowest BCUT2D eigenvalue weighted by Gasteiger charge is -2.21. The molecule has 3 rings (SSSR count). The highest BCUT2D eigenvalue weighted by Crippen LogP contribution is 2.62. The van der Waals surface area contributed by atoms with Gasteiger partial charge in [0, 0.05) is 17.7 Å². The molecule has 3 atom stereocenters. The van der Waals surface area contributed by atoms with Crippen molar-refractivity contribution in [3.8, 4) is 0 Å². The SMILES string of the molecule is CCNC(c1cc(F)c(F)cc1F)C1C2CCCC21. The lowest BCUT2D eigenvalue weighted by molar-refractivity contribution is 0.403. The van der Waals surface area contributed by atoms with Crippen molar-refractivity contribution < 1.29 is 13.2 Å². The Hall–Kier alpha value is -1.03. The van der Waals surface area contributed by atoms with Crippen molar-refractivity contribution in [2.75, 3.05) is 6.54 Å². The Kier molecular flexibility index (Phi) is 3.29. The van der Waals surface area contributed by atoms with Gasteiger partial charge < -0.3 is 5.32 Å². The van der Waals surface area contributed by atoms with Crippen molar-refractivity contribution in [2.24, 2.45) is 17.8 Å². The molecule has 0 saturated heterocycles. The fourth-order valence-corrected chi connectivity index (χ4v) is 3.82. The van der Waals surface area contributed by atoms with Crippen molar-refractivity contribution in [2.45, 2.75) is 32.2 Å². The smallest absolute Gasteiger partial charge is 0.161 e. The average Bonchev–Trinajstić information content (AvgIpc) is 2.82. The predicted molar refractivity (Wildman–Crippen MR) is 67.1 cm³/mol. The summed E-state index contributed by atoms with van der Waals surface area (Å²) in [6.07, 6.45) is 3.61. The highest BCUT2D eigenvalue weighted by atomic mass is 19.2. The topological polar surface area (TPSA) is 12.0 Å². The molecule has 0 spiro atoms. The lowest BCUT2D eigenvalue weighted by atomic mass is 9.96. The molecule has 0 amide bonds. The van der Waals surface area contributed by atoms with Crippen LogP contribution in [0.1, 0.15) is 37.8 Å². The molecule has 0 aromatic heterocycles. The standard InChI is InChI=1S/C15H18F3N/c1-2-19-15(14-8-4-3-5-9(8)14)10-6-12(17)13(18)7-11(10)16/h6-9,14-15,19H,2-5H2,1H3. The largest absolute Gasteiger partial charge is 0.310 e. The number of rotatable bonds is 4. The van der Waals surface area contributed by atoms with E-state index in [1.54, 1.807) is 0 Å². The molecule has 1 N–H and O–H groups in total. The van der Waals surface area contributed by atoms with E-state index >= 15 is 0 Å². The quantitative estimate of drug-likeness (QED) is 0.820. The Bertz CT molecular complexity index is 479. The minimum absolute atomic E-state index is 0.185. The van der Waals surface area contributed by atoms with Gasteiger partial charge in [-0.2, -0.15) is 0 Å². The number of fused-ring (bicyclic) bond motifs is 1. The van der Waals surface area contributed by atoms with Crippen LogP contribution in [0.3, 0.4) is 0 Å². The van der Waals surface area contributed by atoms with Crippen LogP contribution in [0.5, 0.6) is 0 Å². The Morgan fingerprint density at radius 3 is 2.37 bits per heavy atom. The summed E-state index contributed by atoms with van der Waals surface area (Å²) in [5, 5.41) is 3.25. The number of nitrogens with one attached hydrogen (secondary N) is 1. The van der Waals surface area contributed by atoms with Gasteiger partial charge in [0.05, 0.1) is 0 Å². The molecule has 0 radical (unpaired) electrons. The summed E-state index contributed by atoms with van der Waals surface area (Å²) >= 11 is 0. The third kappa shape index (κ3) is 2.16.